The van der Waals surface area contributed by atoms with E-state index in [-0.39, 0.29) is 43.9 Å². The van der Waals surface area contributed by atoms with Gasteiger partial charge in [0.1, 0.15) is 78.4 Å². The van der Waals surface area contributed by atoms with Crippen LogP contribution in [0.1, 0.15) is 179 Å². The Bertz CT molecular complexity index is 2780. The Morgan fingerprint density at radius 3 is 1.35 bits per heavy atom. The van der Waals surface area contributed by atoms with Crippen molar-refractivity contribution in [1.82, 2.24) is 46.6 Å². The number of piperidine rings is 4. The van der Waals surface area contributed by atoms with E-state index in [1.807, 2.05) is 0 Å². The number of amides is 7. The summed E-state index contributed by atoms with van der Waals surface area (Å²) in [5.74, 6) is -6.69. The topological polar surface area (TPSA) is 444 Å². The zero-order chi connectivity index (χ0) is 78.8. The smallest absolute Gasteiger partial charge is 0.471 e. The molecule has 5 rings (SSSR count). The van der Waals surface area contributed by atoms with Crippen molar-refractivity contribution in [2.24, 2.45) is 0 Å². The molecule has 0 saturated carbocycles. The van der Waals surface area contributed by atoms with Crippen LogP contribution in [0.2, 0.25) is 0 Å². The number of hydrogen-bond acceptors (Lipinski definition) is 26. The number of esters is 4. The van der Waals surface area contributed by atoms with Crippen LogP contribution in [-0.4, -0.2) is 266 Å². The summed E-state index contributed by atoms with van der Waals surface area (Å²) in [5.41, 5.74) is -1.99. The molecule has 0 aromatic carbocycles. The third-order valence-corrected chi connectivity index (χ3v) is 16.1. The first kappa shape index (κ1) is 92.7. The Morgan fingerprint density at radius 2 is 0.942 bits per heavy atom. The van der Waals surface area contributed by atoms with Crippen LogP contribution in [-0.2, 0) is 95.4 Å². The highest BCUT2D eigenvalue weighted by molar-refractivity contribution is 5.94. The molecule has 0 bridgehead atoms. The predicted octanol–water partition coefficient (Wildman–Crippen LogP) is 3.37. The van der Waals surface area contributed by atoms with Crippen molar-refractivity contribution in [3.63, 3.8) is 0 Å². The fourth-order valence-electron chi connectivity index (χ4n) is 11.4. The number of carbonyl (C=O) groups is 14. The third kappa shape index (κ3) is 32.9. The van der Waals surface area contributed by atoms with E-state index in [9.17, 15) is 85.4 Å². The number of aliphatic hydroxyl groups is 1. The summed E-state index contributed by atoms with van der Waals surface area (Å²) in [6.07, 6.45) is 1.64. The van der Waals surface area contributed by atoms with Gasteiger partial charge in [-0.05, 0) is 159 Å². The lowest BCUT2D eigenvalue weighted by molar-refractivity contribution is -0.175. The van der Waals surface area contributed by atoms with Crippen LogP contribution in [0.25, 0.3) is 0 Å². The summed E-state index contributed by atoms with van der Waals surface area (Å²) in [5, 5.41) is 33.3. The van der Waals surface area contributed by atoms with E-state index in [0.717, 1.165) is 19.3 Å². The first-order chi connectivity index (χ1) is 48.1. The first-order valence-electron chi connectivity index (χ1n) is 34.1. The molecule has 0 aromatic heterocycles. The predicted molar refractivity (Wildman–Crippen MR) is 357 cm³/mol. The zero-order valence-corrected chi connectivity index (χ0v) is 62.0. The number of ether oxygens (including phenoxy) is 9. The second-order valence-corrected chi connectivity index (χ2v) is 27.4. The van der Waals surface area contributed by atoms with Gasteiger partial charge in [0.25, 0.3) is 12.9 Å². The minimum absolute atomic E-state index is 0.0222. The molecule has 5 heterocycles. The molecule has 5 aliphatic heterocycles. The second-order valence-electron chi connectivity index (χ2n) is 27.4. The van der Waals surface area contributed by atoms with Gasteiger partial charge in [-0.25, -0.2) is 33.6 Å². The Balaban J connectivity index is 0.000000659. The van der Waals surface area contributed by atoms with E-state index in [1.54, 1.807) is 88.4 Å². The van der Waals surface area contributed by atoms with Gasteiger partial charge in [-0.2, -0.15) is 13.2 Å². The molecule has 590 valence electrons. The maximum Gasteiger partial charge on any atom is 0.471 e. The molecule has 0 spiro atoms. The number of carboxylic acids is 1. The van der Waals surface area contributed by atoms with Gasteiger partial charge < -0.3 is 94.1 Å². The fourth-order valence-corrected chi connectivity index (χ4v) is 11.4. The summed E-state index contributed by atoms with van der Waals surface area (Å²) >= 11 is 0. The number of nitrogens with one attached hydrogen (secondary N) is 6. The average Bonchev–Trinajstić information content (AvgIpc) is 1.58. The number of alkyl carbamates (subject to hydrolysis) is 3. The Hall–Kier alpha value is -8.35. The van der Waals surface area contributed by atoms with Gasteiger partial charge in [0.2, 0.25) is 17.7 Å². The van der Waals surface area contributed by atoms with Crippen LogP contribution in [0.4, 0.5) is 27.6 Å². The number of halogens is 3. The van der Waals surface area contributed by atoms with Gasteiger partial charge in [-0.15, -0.1) is 0 Å². The molecular weight excluding hydrogens is 1380 g/mol. The SMILES string of the molecule is CC[C@H](NC(=O)OC(C)(C)C)C(=O)N1[C@@H](CO)CCC[C@H]1C(=O)OC.CC[C@H](NC(=O)OC(C)(C)C)C(=O)N1[C@@H](COC=O)CCC[C@H]1C(=O)OC.CC[C@H](NC(=O)OC(C)(C)C)C(=O)O.COC(=O)[C@@H]1CCC[C@@H]2CNC[C@H](NC(=O)C(F)(F)F)C(=O)N21.COC(=O)[C@@H]1CCC[C@H](COC=O)N1. The highest BCUT2D eigenvalue weighted by Gasteiger charge is 2.48. The van der Waals surface area contributed by atoms with E-state index < -0.39 is 143 Å². The van der Waals surface area contributed by atoms with Crippen molar-refractivity contribution in [2.45, 2.75) is 275 Å². The van der Waals surface area contributed by atoms with Gasteiger partial charge in [0, 0.05) is 25.2 Å². The number of likely N-dealkylation sites (tertiary alicyclic amines) is 2. The molecule has 12 atom stereocenters. The summed E-state index contributed by atoms with van der Waals surface area (Å²) < 4.78 is 80.9. The quantitative estimate of drug-likeness (QED) is 0.0464. The van der Waals surface area contributed by atoms with Crippen LogP contribution in [0.15, 0.2) is 0 Å². The summed E-state index contributed by atoms with van der Waals surface area (Å²) in [7, 11) is 5.08. The minimum Gasteiger partial charge on any atom is -0.480 e. The number of aliphatic carboxylic acids is 1. The van der Waals surface area contributed by atoms with Crippen LogP contribution in [0.5, 0.6) is 0 Å². The number of nitrogens with zero attached hydrogens (tertiary/aromatic N) is 3. The average molecular weight is 1490 g/mol. The van der Waals surface area contributed by atoms with Crippen molar-refractivity contribution >= 4 is 84.7 Å². The molecule has 103 heavy (non-hydrogen) atoms. The van der Waals surface area contributed by atoms with Crippen molar-refractivity contribution in [3.8, 4) is 0 Å². The number of alkyl halides is 3. The Labute approximate surface area is 598 Å². The van der Waals surface area contributed by atoms with Crippen LogP contribution in [0, 0.1) is 0 Å². The van der Waals surface area contributed by atoms with Crippen molar-refractivity contribution in [1.29, 1.82) is 0 Å². The highest BCUT2D eigenvalue weighted by atomic mass is 19.4. The van der Waals surface area contributed by atoms with Gasteiger partial charge >= 0.3 is 60.2 Å². The molecule has 5 saturated heterocycles. The van der Waals surface area contributed by atoms with Crippen molar-refractivity contribution in [2.75, 3.05) is 61.3 Å². The van der Waals surface area contributed by atoms with E-state index in [1.165, 1.54) is 43.1 Å². The second kappa shape index (κ2) is 45.0. The van der Waals surface area contributed by atoms with Crippen LogP contribution in [0.3, 0.4) is 0 Å². The standard InChI is InChI=1S/C18H30N2O7.C17H30N2O6.C13H18F3N3O4.C9H15NO4.C9H17NO4/c1-6-13(19-17(24)27-18(2,3)4)15(22)20-12(10-26-11-21)8-7-9-14(20)16(23)25-5;1-6-12(18-16(23)25-17(2,3)4)14(21)19-11(10-20)8-7-9-13(19)15(22)24-5;1-23-11(21)9-4-2-3-7-5-17-6-8(10(20)19(7)9)18-12(22)13(14,15)16;1-13-9(12)8-4-2-3-7(10-8)5-14-6-11;1-5-6(7(11)12)10-8(13)14-9(2,3)4/h11-14H,6-10H2,1-5H3,(H,19,24);11-13,20H,6-10H2,1-5H3,(H,18,23);7-9,17H,2-6H2,1H3,(H,18,22);6-8,10H,2-5H2,1H3;6H,5H2,1-4H3,(H,10,13)(H,11,12)/t12-,13+,14+;11-,12+,13+;7-,8+,9+;7-,8+;6-/m11110/s1. The minimum atomic E-state index is -5.07. The third-order valence-electron chi connectivity index (χ3n) is 16.1. The van der Waals surface area contributed by atoms with Crippen LogP contribution < -0.4 is 31.9 Å². The summed E-state index contributed by atoms with van der Waals surface area (Å²) in [6.45, 7) is 21.7. The maximum absolute atomic E-state index is 13.1. The Morgan fingerprint density at radius 1 is 0.544 bits per heavy atom. The summed E-state index contributed by atoms with van der Waals surface area (Å²) in [6, 6.07) is -7.78. The lowest BCUT2D eigenvalue weighted by Gasteiger charge is -2.41. The van der Waals surface area contributed by atoms with Crippen LogP contribution >= 0.6 is 0 Å². The molecule has 7 amide bonds. The number of fused-ring (bicyclic) bond motifs is 1. The molecule has 0 aliphatic carbocycles. The van der Waals surface area contributed by atoms with Gasteiger partial charge in [0.05, 0.1) is 47.1 Å². The largest absolute Gasteiger partial charge is 0.480 e. The van der Waals surface area contributed by atoms with Gasteiger partial charge in [-0.1, -0.05) is 20.8 Å². The Kier molecular flexibility index (Phi) is 40.5. The maximum atomic E-state index is 13.1. The fraction of sp³-hybridized carbons (Fsp3) is 0.788. The van der Waals surface area contributed by atoms with E-state index in [2.05, 4.69) is 40.8 Å². The van der Waals surface area contributed by atoms with Gasteiger partial charge in [0.15, 0.2) is 0 Å². The molecule has 0 radical (unpaired) electrons. The van der Waals surface area contributed by atoms with Crippen molar-refractivity contribution < 1.29 is 133 Å². The normalized spacial score (nSPS) is 22.7. The molecule has 0 aromatic rings. The molecule has 0 unspecified atom stereocenters. The number of rotatable bonds is 21. The number of carbonyl (C=O) groups excluding carboxylic acids is 13. The number of aliphatic hydroxyl groups excluding tert-OH is 1. The molecule has 37 heteroatoms. The number of methoxy groups -OCH3 is 4. The van der Waals surface area contributed by atoms with E-state index >= 15 is 0 Å². The molecular formula is C66H110F3N9O25. The van der Waals surface area contributed by atoms with Crippen molar-refractivity contribution in [3.05, 3.63) is 0 Å². The highest BCUT2D eigenvalue weighted by Crippen LogP contribution is 2.29. The summed E-state index contributed by atoms with van der Waals surface area (Å²) in [4.78, 5) is 167. The molecule has 34 nitrogen and oxygen atoms in total. The first-order valence-corrected chi connectivity index (χ1v) is 34.1. The zero-order valence-electron chi connectivity index (χ0n) is 62.0. The molecule has 5 fully saturated rings. The van der Waals surface area contributed by atoms with E-state index in [0.29, 0.717) is 103 Å². The number of hydrogen-bond donors (Lipinski definition) is 8. The molecule has 5 aliphatic rings. The lowest BCUT2D eigenvalue weighted by Crippen LogP contribution is -2.60. The molecule has 8 N–H and O–H groups in total. The lowest BCUT2D eigenvalue weighted by atomic mass is 9.94. The number of carboxylic acid groups (broad SMARTS) is 1. The van der Waals surface area contributed by atoms with Gasteiger partial charge in [-0.3, -0.25) is 38.9 Å². The van der Waals surface area contributed by atoms with E-state index in [4.69, 9.17) is 33.5 Å². The monoisotopic (exact) mass is 1490 g/mol.